The van der Waals surface area contributed by atoms with Crippen molar-refractivity contribution >= 4 is 28.4 Å². The molecule has 1 aliphatic carbocycles. The molecule has 2 unspecified atom stereocenters. The van der Waals surface area contributed by atoms with Gasteiger partial charge in [0.25, 0.3) is 0 Å². The predicted octanol–water partition coefficient (Wildman–Crippen LogP) is 2.61. The first-order valence-electron chi connectivity index (χ1n) is 5.83. The van der Waals surface area contributed by atoms with E-state index in [1.165, 1.54) is 5.56 Å². The summed E-state index contributed by atoms with van der Waals surface area (Å²) in [6, 6.07) is 8.41. The van der Waals surface area contributed by atoms with E-state index in [1.807, 2.05) is 12.1 Å². The molecule has 1 aromatic rings. The predicted molar refractivity (Wildman–Crippen MR) is 71.6 cm³/mol. The van der Waals surface area contributed by atoms with E-state index in [2.05, 4.69) is 29.4 Å². The van der Waals surface area contributed by atoms with Crippen LogP contribution in [0.3, 0.4) is 0 Å². The lowest BCUT2D eigenvalue weighted by molar-refractivity contribution is -0.116. The monoisotopic (exact) mass is 246 g/mol. The number of aryl methyl sites for hydroxylation is 1. The Morgan fingerprint density at radius 2 is 2.12 bits per heavy atom. The van der Waals surface area contributed by atoms with Crippen LogP contribution in [0.5, 0.6) is 0 Å². The molecule has 0 saturated heterocycles. The van der Waals surface area contributed by atoms with E-state index in [0.717, 1.165) is 17.3 Å². The first-order chi connectivity index (χ1) is 8.22. The van der Waals surface area contributed by atoms with Gasteiger partial charge in [-0.05, 0) is 25.5 Å². The normalized spacial score (nSPS) is 26.9. The Labute approximate surface area is 105 Å². The average Bonchev–Trinajstić information content (AvgIpc) is 2.85. The summed E-state index contributed by atoms with van der Waals surface area (Å²) in [6.45, 7) is 2.06. The molecular weight excluding hydrogens is 232 g/mol. The smallest absolute Gasteiger partial charge is 0.162 e. The summed E-state index contributed by atoms with van der Waals surface area (Å²) < 4.78 is 0. The van der Waals surface area contributed by atoms with Gasteiger partial charge in [-0.1, -0.05) is 29.5 Å². The Bertz CT molecular complexity index is 481. The van der Waals surface area contributed by atoms with Gasteiger partial charge in [-0.25, -0.2) is 0 Å². The number of hydrogen-bond donors (Lipinski definition) is 1. The molecule has 0 spiro atoms. The lowest BCUT2D eigenvalue weighted by atomic mass is 10.2. The molecule has 1 N–H and O–H groups in total. The number of nitrogens with one attached hydrogen (secondary N) is 1. The lowest BCUT2D eigenvalue weighted by Gasteiger charge is -2.06. The number of carbonyl (C=O) groups excluding carboxylic acids is 1. The lowest BCUT2D eigenvalue weighted by Crippen LogP contribution is -2.16. The molecule has 3 rings (SSSR count). The fourth-order valence-corrected chi connectivity index (χ4v) is 3.42. The maximum atomic E-state index is 11.6. The second kappa shape index (κ2) is 4.18. The number of carbonyl (C=O) groups is 1. The van der Waals surface area contributed by atoms with Crippen LogP contribution >= 0.6 is 11.8 Å². The van der Waals surface area contributed by atoms with Gasteiger partial charge in [-0.15, -0.1) is 0 Å². The number of rotatable bonds is 1. The number of fused-ring (bicyclic) bond motifs is 1. The van der Waals surface area contributed by atoms with Crippen LogP contribution in [-0.2, 0) is 4.79 Å². The van der Waals surface area contributed by atoms with Crippen molar-refractivity contribution in [3.8, 4) is 0 Å². The maximum absolute atomic E-state index is 11.6. The van der Waals surface area contributed by atoms with Gasteiger partial charge < -0.3 is 5.32 Å². The first kappa shape index (κ1) is 10.8. The topological polar surface area (TPSA) is 41.5 Å². The summed E-state index contributed by atoms with van der Waals surface area (Å²) in [7, 11) is 0. The fourth-order valence-electron chi connectivity index (χ4n) is 2.20. The molecule has 88 valence electrons. The minimum atomic E-state index is 0.0722. The van der Waals surface area contributed by atoms with E-state index >= 15 is 0 Å². The van der Waals surface area contributed by atoms with Crippen molar-refractivity contribution < 1.29 is 4.79 Å². The molecule has 1 aliphatic heterocycles. The highest BCUT2D eigenvalue weighted by Crippen LogP contribution is 2.36. The summed E-state index contributed by atoms with van der Waals surface area (Å²) in [4.78, 5) is 16.1. The number of aliphatic imine (C=N–C) groups is 1. The van der Waals surface area contributed by atoms with Gasteiger partial charge in [0, 0.05) is 12.1 Å². The largest absolute Gasteiger partial charge is 0.335 e. The van der Waals surface area contributed by atoms with Gasteiger partial charge in [-0.3, -0.25) is 9.79 Å². The van der Waals surface area contributed by atoms with Crippen molar-refractivity contribution in [3.63, 3.8) is 0 Å². The molecule has 1 fully saturated rings. The van der Waals surface area contributed by atoms with E-state index in [0.29, 0.717) is 12.2 Å². The van der Waals surface area contributed by atoms with Gasteiger partial charge in [0.15, 0.2) is 5.17 Å². The van der Waals surface area contributed by atoms with Gasteiger partial charge in [0.2, 0.25) is 0 Å². The third-order valence-corrected chi connectivity index (χ3v) is 4.44. The van der Waals surface area contributed by atoms with E-state index in [4.69, 9.17) is 0 Å². The molecule has 4 heteroatoms. The van der Waals surface area contributed by atoms with Gasteiger partial charge in [0.1, 0.15) is 5.78 Å². The van der Waals surface area contributed by atoms with E-state index in [-0.39, 0.29) is 11.3 Å². The fraction of sp³-hybridized carbons (Fsp3) is 0.385. The zero-order valence-electron chi connectivity index (χ0n) is 9.64. The second-order valence-corrected chi connectivity index (χ2v) is 5.67. The number of benzene rings is 1. The van der Waals surface area contributed by atoms with Crippen LogP contribution in [0.15, 0.2) is 29.3 Å². The van der Waals surface area contributed by atoms with Crippen LogP contribution < -0.4 is 5.32 Å². The molecule has 0 amide bonds. The molecule has 3 nitrogen and oxygen atoms in total. The molecule has 0 radical (unpaired) electrons. The van der Waals surface area contributed by atoms with Gasteiger partial charge in [0.05, 0.1) is 11.3 Å². The molecule has 1 saturated carbocycles. The summed E-state index contributed by atoms with van der Waals surface area (Å²) in [5.41, 5.74) is 2.28. The van der Waals surface area contributed by atoms with Crippen LogP contribution in [0, 0.1) is 6.92 Å². The first-order valence-corrected chi connectivity index (χ1v) is 6.71. The number of hydrogen-bond acceptors (Lipinski definition) is 4. The summed E-state index contributed by atoms with van der Waals surface area (Å²) in [5.74, 6) is 0.351. The highest BCUT2D eigenvalue weighted by atomic mass is 32.2. The Morgan fingerprint density at radius 3 is 2.82 bits per heavy atom. The van der Waals surface area contributed by atoms with Crippen molar-refractivity contribution in [3.05, 3.63) is 29.8 Å². The Hall–Kier alpha value is -1.29. The standard InChI is InChI=1S/C13H14N2OS/c1-8-2-4-9(5-3-8)14-13-15-10-6-7-11(16)12(10)17-13/h2-5,10,12H,6-7H2,1H3,(H,14,15). The third kappa shape index (κ3) is 2.09. The van der Waals surface area contributed by atoms with Crippen molar-refractivity contribution in [2.75, 3.05) is 5.32 Å². The van der Waals surface area contributed by atoms with Crippen molar-refractivity contribution in [2.24, 2.45) is 4.99 Å². The molecule has 2 atom stereocenters. The molecule has 1 heterocycles. The summed E-state index contributed by atoms with van der Waals surface area (Å²) in [5, 5.41) is 4.24. The van der Waals surface area contributed by atoms with E-state index in [1.54, 1.807) is 11.8 Å². The minimum absolute atomic E-state index is 0.0722. The van der Waals surface area contributed by atoms with Crippen molar-refractivity contribution in [1.82, 2.24) is 0 Å². The number of ketones is 1. The zero-order valence-corrected chi connectivity index (χ0v) is 10.5. The quantitative estimate of drug-likeness (QED) is 0.828. The van der Waals surface area contributed by atoms with Crippen LogP contribution in [0.2, 0.25) is 0 Å². The SMILES string of the molecule is Cc1ccc(NC2=NC3CCC(=O)C3S2)cc1. The van der Waals surface area contributed by atoms with Gasteiger partial charge >= 0.3 is 0 Å². The van der Waals surface area contributed by atoms with Crippen molar-refractivity contribution in [2.45, 2.75) is 31.1 Å². The van der Waals surface area contributed by atoms with Crippen LogP contribution in [0.4, 0.5) is 5.69 Å². The van der Waals surface area contributed by atoms with Crippen LogP contribution in [0.25, 0.3) is 0 Å². The number of anilines is 1. The molecule has 17 heavy (non-hydrogen) atoms. The van der Waals surface area contributed by atoms with E-state index < -0.39 is 0 Å². The van der Waals surface area contributed by atoms with Crippen LogP contribution in [-0.4, -0.2) is 22.2 Å². The molecule has 1 aromatic carbocycles. The number of Topliss-reactive ketones (excluding diaryl/α,β-unsaturated/α-hetero) is 1. The number of nitrogens with zero attached hydrogens (tertiary/aromatic N) is 1. The van der Waals surface area contributed by atoms with Gasteiger partial charge in [-0.2, -0.15) is 0 Å². The minimum Gasteiger partial charge on any atom is -0.335 e. The third-order valence-electron chi connectivity index (χ3n) is 3.18. The highest BCUT2D eigenvalue weighted by molar-refractivity contribution is 8.15. The number of amidine groups is 1. The summed E-state index contributed by atoms with van der Waals surface area (Å²) in [6.07, 6.45) is 1.61. The molecular formula is C13H14N2OS. The Balaban J connectivity index is 1.71. The average molecular weight is 246 g/mol. The number of thioether (sulfide) groups is 1. The second-order valence-electron chi connectivity index (χ2n) is 4.54. The maximum Gasteiger partial charge on any atom is 0.162 e. The molecule has 0 aromatic heterocycles. The summed E-state index contributed by atoms with van der Waals surface area (Å²) >= 11 is 1.58. The Morgan fingerprint density at radius 1 is 1.35 bits per heavy atom. The molecule has 2 aliphatic rings. The van der Waals surface area contributed by atoms with Crippen molar-refractivity contribution in [1.29, 1.82) is 0 Å². The zero-order chi connectivity index (χ0) is 11.8. The van der Waals surface area contributed by atoms with E-state index in [9.17, 15) is 4.79 Å². The van der Waals surface area contributed by atoms with Crippen LogP contribution in [0.1, 0.15) is 18.4 Å². The highest BCUT2D eigenvalue weighted by Gasteiger charge is 2.40. The molecule has 0 bridgehead atoms. The Kier molecular flexibility index (Phi) is 2.67.